The second-order valence-corrected chi connectivity index (χ2v) is 8.17. The van der Waals surface area contributed by atoms with E-state index in [2.05, 4.69) is 15.3 Å². The maximum Gasteiger partial charge on any atom is 0.416 e. The third-order valence-corrected chi connectivity index (χ3v) is 5.78. The molecule has 3 N–H and O–H groups in total. The summed E-state index contributed by atoms with van der Waals surface area (Å²) in [5, 5.41) is 5.45. The predicted octanol–water partition coefficient (Wildman–Crippen LogP) is 5.50. The van der Waals surface area contributed by atoms with Crippen molar-refractivity contribution in [2.45, 2.75) is 18.6 Å². The molecule has 9 heteroatoms. The number of aromatic nitrogens is 2. The van der Waals surface area contributed by atoms with Gasteiger partial charge >= 0.3 is 6.18 Å². The Kier molecular flexibility index (Phi) is 5.88. The molecule has 2 aromatic heterocycles. The molecule has 2 heterocycles. The minimum Gasteiger partial charge on any atom is -0.360 e. The molecule has 1 unspecified atom stereocenters. The van der Waals surface area contributed by atoms with Crippen LogP contribution in [0, 0.1) is 5.95 Å². The Morgan fingerprint density at radius 3 is 2.48 bits per heavy atom. The van der Waals surface area contributed by atoms with Crippen molar-refractivity contribution in [3.8, 4) is 10.4 Å². The van der Waals surface area contributed by atoms with Crippen molar-refractivity contribution < 1.29 is 17.6 Å². The maximum atomic E-state index is 13.4. The lowest BCUT2D eigenvalue weighted by molar-refractivity contribution is -0.137. The number of nitrogens with zero attached hydrogens (tertiary/aromatic N) is 2. The van der Waals surface area contributed by atoms with E-state index in [1.54, 1.807) is 6.20 Å². The average Bonchev–Trinajstić information content (AvgIpc) is 3.20. The zero-order valence-corrected chi connectivity index (χ0v) is 17.0. The van der Waals surface area contributed by atoms with Crippen LogP contribution in [-0.4, -0.2) is 22.6 Å². The van der Waals surface area contributed by atoms with Gasteiger partial charge in [0.25, 0.3) is 0 Å². The molecule has 1 atom stereocenters. The third kappa shape index (κ3) is 5.18. The average molecular weight is 446 g/mol. The molecule has 31 heavy (non-hydrogen) atoms. The number of rotatable bonds is 6. The Morgan fingerprint density at radius 2 is 1.74 bits per heavy atom. The SMILES string of the molecule is NC(CNc1ncc(-c2ccc3cnc(F)cc3c2)s1)Cc1ccc(C(F)(F)F)cc1. The second kappa shape index (κ2) is 8.60. The van der Waals surface area contributed by atoms with E-state index >= 15 is 0 Å². The van der Waals surface area contributed by atoms with Gasteiger partial charge in [-0.25, -0.2) is 9.97 Å². The molecule has 0 aliphatic carbocycles. The van der Waals surface area contributed by atoms with Gasteiger partial charge < -0.3 is 11.1 Å². The maximum absolute atomic E-state index is 13.4. The molecule has 0 radical (unpaired) electrons. The highest BCUT2D eigenvalue weighted by Crippen LogP contribution is 2.31. The van der Waals surface area contributed by atoms with Gasteiger partial charge in [-0.15, -0.1) is 0 Å². The first-order valence-electron chi connectivity index (χ1n) is 9.45. The molecule has 0 saturated carbocycles. The van der Waals surface area contributed by atoms with Crippen LogP contribution in [0.2, 0.25) is 0 Å². The Labute approximate surface area is 179 Å². The molecule has 160 valence electrons. The van der Waals surface area contributed by atoms with Crippen LogP contribution in [0.5, 0.6) is 0 Å². The van der Waals surface area contributed by atoms with E-state index in [1.807, 2.05) is 18.2 Å². The van der Waals surface area contributed by atoms with Gasteiger partial charge in [0.2, 0.25) is 5.95 Å². The molecule has 0 aliphatic heterocycles. The molecule has 0 bridgehead atoms. The first-order chi connectivity index (χ1) is 14.8. The summed E-state index contributed by atoms with van der Waals surface area (Å²) in [5.41, 5.74) is 7.10. The van der Waals surface area contributed by atoms with E-state index < -0.39 is 17.7 Å². The molecule has 4 rings (SSSR count). The van der Waals surface area contributed by atoms with Gasteiger partial charge in [0.05, 0.1) is 10.4 Å². The summed E-state index contributed by atoms with van der Waals surface area (Å²) >= 11 is 1.44. The number of alkyl halides is 3. The van der Waals surface area contributed by atoms with E-state index in [9.17, 15) is 17.6 Å². The fraction of sp³-hybridized carbons (Fsp3) is 0.182. The number of hydrogen-bond acceptors (Lipinski definition) is 5. The van der Waals surface area contributed by atoms with E-state index in [0.29, 0.717) is 18.1 Å². The number of hydrogen-bond donors (Lipinski definition) is 2. The number of halogens is 4. The predicted molar refractivity (Wildman–Crippen MR) is 114 cm³/mol. The molecular formula is C22H18F4N4S. The van der Waals surface area contributed by atoms with E-state index in [-0.39, 0.29) is 6.04 Å². The molecule has 2 aromatic carbocycles. The number of anilines is 1. The van der Waals surface area contributed by atoms with E-state index in [4.69, 9.17) is 5.73 Å². The van der Waals surface area contributed by atoms with Gasteiger partial charge in [-0.2, -0.15) is 17.6 Å². The summed E-state index contributed by atoms with van der Waals surface area (Å²) in [6.45, 7) is 0.419. The van der Waals surface area contributed by atoms with E-state index in [0.717, 1.165) is 38.9 Å². The molecule has 0 spiro atoms. The van der Waals surface area contributed by atoms with Crippen LogP contribution in [0.3, 0.4) is 0 Å². The lowest BCUT2D eigenvalue weighted by Gasteiger charge is -2.13. The standard InChI is InChI=1S/C22H18F4N4S/c23-20-9-16-8-14(3-4-15(16)10-28-20)19-12-30-21(31-19)29-11-18(27)7-13-1-5-17(6-2-13)22(24,25)26/h1-6,8-10,12,18H,7,11,27H2,(H,29,30). The Balaban J connectivity index is 1.37. The van der Waals surface area contributed by atoms with Gasteiger partial charge in [-0.05, 0) is 41.1 Å². The van der Waals surface area contributed by atoms with Crippen molar-refractivity contribution >= 4 is 27.2 Å². The number of fused-ring (bicyclic) bond motifs is 1. The molecule has 0 fully saturated rings. The number of nitrogens with two attached hydrogens (primary N) is 1. The lowest BCUT2D eigenvalue weighted by atomic mass is 10.0. The van der Waals surface area contributed by atoms with E-state index in [1.165, 1.54) is 35.7 Å². The highest BCUT2D eigenvalue weighted by Gasteiger charge is 2.29. The summed E-state index contributed by atoms with van der Waals surface area (Å²) in [5.74, 6) is -0.529. The number of pyridine rings is 1. The third-order valence-electron chi connectivity index (χ3n) is 4.77. The van der Waals surface area contributed by atoms with Gasteiger partial charge in [0.1, 0.15) is 0 Å². The summed E-state index contributed by atoms with van der Waals surface area (Å²) in [4.78, 5) is 8.91. The van der Waals surface area contributed by atoms with Crippen LogP contribution < -0.4 is 11.1 Å². The second-order valence-electron chi connectivity index (χ2n) is 7.14. The molecule has 4 aromatic rings. The number of thiazole rings is 1. The summed E-state index contributed by atoms with van der Waals surface area (Å²) in [6.07, 6.45) is -0.687. The molecule has 4 nitrogen and oxygen atoms in total. The molecular weight excluding hydrogens is 428 g/mol. The van der Waals surface area contributed by atoms with Crippen LogP contribution in [0.1, 0.15) is 11.1 Å². The smallest absolute Gasteiger partial charge is 0.360 e. The van der Waals surface area contributed by atoms with Crippen molar-refractivity contribution in [1.82, 2.24) is 9.97 Å². The molecule has 0 aliphatic rings. The van der Waals surface area contributed by atoms with Gasteiger partial charge in [-0.3, -0.25) is 0 Å². The number of benzene rings is 2. The monoisotopic (exact) mass is 446 g/mol. The van der Waals surface area contributed by atoms with Crippen molar-refractivity contribution in [3.05, 3.63) is 78.0 Å². The lowest BCUT2D eigenvalue weighted by Crippen LogP contribution is -2.31. The Hall–Kier alpha value is -3.04. The normalized spacial score (nSPS) is 12.8. The Morgan fingerprint density at radius 1 is 0.968 bits per heavy atom. The van der Waals surface area contributed by atoms with Crippen molar-refractivity contribution in [2.24, 2.45) is 5.73 Å². The fourth-order valence-electron chi connectivity index (χ4n) is 3.18. The van der Waals surface area contributed by atoms with Crippen LogP contribution in [0.4, 0.5) is 22.7 Å². The topological polar surface area (TPSA) is 63.8 Å². The highest BCUT2D eigenvalue weighted by atomic mass is 32.1. The van der Waals surface area contributed by atoms with Gasteiger partial charge in [0, 0.05) is 36.4 Å². The Bertz CT molecular complexity index is 1190. The van der Waals surface area contributed by atoms with Crippen LogP contribution in [-0.2, 0) is 12.6 Å². The minimum absolute atomic E-state index is 0.291. The van der Waals surface area contributed by atoms with Crippen molar-refractivity contribution in [2.75, 3.05) is 11.9 Å². The minimum atomic E-state index is -4.35. The summed E-state index contributed by atoms with van der Waals surface area (Å²) in [6, 6.07) is 11.8. The zero-order chi connectivity index (χ0) is 22.0. The first kappa shape index (κ1) is 21.2. The van der Waals surface area contributed by atoms with Crippen LogP contribution in [0.25, 0.3) is 21.2 Å². The fourth-order valence-corrected chi connectivity index (χ4v) is 4.00. The van der Waals surface area contributed by atoms with Crippen LogP contribution in [0.15, 0.2) is 60.9 Å². The quantitative estimate of drug-likeness (QED) is 0.303. The van der Waals surface area contributed by atoms with Crippen molar-refractivity contribution in [3.63, 3.8) is 0 Å². The highest BCUT2D eigenvalue weighted by molar-refractivity contribution is 7.18. The number of nitrogens with one attached hydrogen (secondary N) is 1. The summed E-state index contributed by atoms with van der Waals surface area (Å²) < 4.78 is 51.3. The largest absolute Gasteiger partial charge is 0.416 e. The van der Waals surface area contributed by atoms with Crippen molar-refractivity contribution in [1.29, 1.82) is 0 Å². The zero-order valence-electron chi connectivity index (χ0n) is 16.2. The summed E-state index contributed by atoms with van der Waals surface area (Å²) in [7, 11) is 0. The van der Waals surface area contributed by atoms with Crippen LogP contribution >= 0.6 is 11.3 Å². The molecule has 0 saturated heterocycles. The first-order valence-corrected chi connectivity index (χ1v) is 10.3. The van der Waals surface area contributed by atoms with Gasteiger partial charge in [0.15, 0.2) is 5.13 Å². The molecule has 0 amide bonds. The van der Waals surface area contributed by atoms with Gasteiger partial charge in [-0.1, -0.05) is 35.6 Å².